The highest BCUT2D eigenvalue weighted by Gasteiger charge is 2.37. The Morgan fingerprint density at radius 3 is 2.22 bits per heavy atom. The zero-order valence-electron chi connectivity index (χ0n) is 17.9. The minimum Gasteiger partial charge on any atom is -0.340 e. The molecule has 2 fully saturated rings. The van der Waals surface area contributed by atoms with E-state index in [9.17, 15) is 21.6 Å². The second-order valence-electron chi connectivity index (χ2n) is 8.18. The predicted octanol–water partition coefficient (Wildman–Crippen LogP) is 1.99. The third kappa shape index (κ3) is 4.62. The van der Waals surface area contributed by atoms with Gasteiger partial charge in [-0.15, -0.1) is 11.3 Å². The Morgan fingerprint density at radius 2 is 1.59 bits per heavy atom. The van der Waals surface area contributed by atoms with E-state index in [1.165, 1.54) is 19.9 Å². The minimum atomic E-state index is -3.60. The van der Waals surface area contributed by atoms with Crippen molar-refractivity contribution in [1.82, 2.24) is 13.5 Å². The number of aryl methyl sites for hydroxylation is 1. The van der Waals surface area contributed by atoms with Crippen LogP contribution in [0.25, 0.3) is 0 Å². The summed E-state index contributed by atoms with van der Waals surface area (Å²) in [6.45, 7) is 3.54. The first-order valence-corrected chi connectivity index (χ1v) is 14.3. The molecule has 174 valence electrons. The van der Waals surface area contributed by atoms with Crippen molar-refractivity contribution in [1.29, 1.82) is 0 Å². The number of piperidine rings is 1. The Morgan fingerprint density at radius 1 is 0.906 bits per heavy atom. The molecule has 32 heavy (non-hydrogen) atoms. The number of hydrogen-bond donors (Lipinski definition) is 0. The van der Waals surface area contributed by atoms with E-state index in [-0.39, 0.29) is 30.4 Å². The molecule has 0 radical (unpaired) electrons. The molecule has 1 aromatic heterocycles. The summed E-state index contributed by atoms with van der Waals surface area (Å²) in [5.74, 6) is -0.498. The standard InChI is InChI=1S/C21H27N3O5S3/c1-17-6-8-19(9-7-17)31(26,27)23-13-11-22(12-14-23)21(25)18-4-2-10-24(16-18)32(28,29)20-5-3-15-30-20/h3,5-9,15,18H,2,4,10-14,16H2,1H3/t18-/m0/s1. The molecule has 0 saturated carbocycles. The monoisotopic (exact) mass is 497 g/mol. The van der Waals surface area contributed by atoms with E-state index in [4.69, 9.17) is 0 Å². The van der Waals surface area contributed by atoms with E-state index in [0.717, 1.165) is 5.56 Å². The van der Waals surface area contributed by atoms with Crippen molar-refractivity contribution in [2.75, 3.05) is 39.3 Å². The Labute approximate surface area is 193 Å². The Hall–Kier alpha value is -1.79. The highest BCUT2D eigenvalue weighted by molar-refractivity contribution is 7.91. The van der Waals surface area contributed by atoms with E-state index >= 15 is 0 Å². The van der Waals surface area contributed by atoms with E-state index in [0.29, 0.717) is 36.7 Å². The molecule has 1 amide bonds. The average Bonchev–Trinajstić information content (AvgIpc) is 3.35. The highest BCUT2D eigenvalue weighted by Crippen LogP contribution is 2.28. The Kier molecular flexibility index (Phi) is 6.73. The third-order valence-corrected chi connectivity index (χ3v) is 11.2. The van der Waals surface area contributed by atoms with Gasteiger partial charge in [-0.05, 0) is 43.3 Å². The van der Waals surface area contributed by atoms with Gasteiger partial charge in [0, 0.05) is 39.3 Å². The van der Waals surface area contributed by atoms with Gasteiger partial charge >= 0.3 is 0 Å². The summed E-state index contributed by atoms with van der Waals surface area (Å²) in [6.07, 6.45) is 1.26. The molecule has 0 unspecified atom stereocenters. The molecule has 1 aromatic carbocycles. The maximum atomic E-state index is 13.1. The maximum Gasteiger partial charge on any atom is 0.252 e. The molecule has 4 rings (SSSR count). The normalized spacial score (nSPS) is 21.5. The second-order valence-corrected chi connectivity index (χ2v) is 13.2. The van der Waals surface area contributed by atoms with Crippen LogP contribution in [0.15, 0.2) is 50.9 Å². The van der Waals surface area contributed by atoms with Gasteiger partial charge in [0.1, 0.15) is 4.21 Å². The number of rotatable bonds is 5. The van der Waals surface area contributed by atoms with Gasteiger partial charge in [-0.1, -0.05) is 23.8 Å². The molecule has 2 aliphatic rings. The summed E-state index contributed by atoms with van der Waals surface area (Å²) in [4.78, 5) is 15.0. The molecular formula is C21H27N3O5S3. The zero-order chi connectivity index (χ0) is 22.9. The van der Waals surface area contributed by atoms with Crippen LogP contribution in [0.3, 0.4) is 0 Å². The van der Waals surface area contributed by atoms with Crippen molar-refractivity contribution in [2.24, 2.45) is 5.92 Å². The summed E-state index contributed by atoms with van der Waals surface area (Å²) >= 11 is 1.18. The van der Waals surface area contributed by atoms with Gasteiger partial charge in [0.25, 0.3) is 10.0 Å². The van der Waals surface area contributed by atoms with Crippen LogP contribution in [-0.2, 0) is 24.8 Å². The SMILES string of the molecule is Cc1ccc(S(=O)(=O)N2CCN(C(=O)[C@H]3CCCN(S(=O)(=O)c4cccs4)C3)CC2)cc1. The lowest BCUT2D eigenvalue weighted by atomic mass is 9.98. The van der Waals surface area contributed by atoms with Gasteiger partial charge in [-0.3, -0.25) is 4.79 Å². The number of benzene rings is 1. The molecule has 0 aliphatic carbocycles. The molecule has 0 spiro atoms. The lowest BCUT2D eigenvalue weighted by molar-refractivity contribution is -0.137. The van der Waals surface area contributed by atoms with E-state index in [1.807, 2.05) is 6.92 Å². The summed E-state index contributed by atoms with van der Waals surface area (Å²) in [7, 11) is -7.18. The number of carbonyl (C=O) groups excluding carboxylic acids is 1. The first kappa shape index (κ1) is 23.4. The number of carbonyl (C=O) groups is 1. The quantitative estimate of drug-likeness (QED) is 0.630. The predicted molar refractivity (Wildman–Crippen MR) is 122 cm³/mol. The van der Waals surface area contributed by atoms with Gasteiger partial charge in [0.05, 0.1) is 10.8 Å². The molecule has 2 aliphatic heterocycles. The molecule has 2 saturated heterocycles. The van der Waals surface area contributed by atoms with Crippen LogP contribution < -0.4 is 0 Å². The van der Waals surface area contributed by atoms with Crippen LogP contribution in [0.2, 0.25) is 0 Å². The molecule has 1 atom stereocenters. The molecule has 0 N–H and O–H groups in total. The fourth-order valence-corrected chi connectivity index (χ4v) is 8.26. The van der Waals surface area contributed by atoms with Crippen molar-refractivity contribution >= 4 is 37.3 Å². The van der Waals surface area contributed by atoms with Gasteiger partial charge < -0.3 is 4.90 Å². The van der Waals surface area contributed by atoms with Crippen LogP contribution in [-0.4, -0.2) is 75.5 Å². The van der Waals surface area contributed by atoms with Crippen molar-refractivity contribution in [3.05, 3.63) is 47.3 Å². The van der Waals surface area contributed by atoms with E-state index in [2.05, 4.69) is 0 Å². The summed E-state index contributed by atoms with van der Waals surface area (Å²) in [5, 5.41) is 1.73. The first-order chi connectivity index (χ1) is 15.2. The van der Waals surface area contributed by atoms with Crippen LogP contribution in [0.4, 0.5) is 0 Å². The minimum absolute atomic E-state index is 0.0940. The average molecular weight is 498 g/mol. The fraction of sp³-hybridized carbons (Fsp3) is 0.476. The summed E-state index contributed by atoms with van der Waals surface area (Å²) < 4.78 is 54.6. The van der Waals surface area contributed by atoms with Gasteiger partial charge in [-0.25, -0.2) is 16.8 Å². The smallest absolute Gasteiger partial charge is 0.252 e. The molecule has 3 heterocycles. The Bertz CT molecular complexity index is 1150. The molecule has 2 aromatic rings. The van der Waals surface area contributed by atoms with Crippen LogP contribution in [0, 0.1) is 12.8 Å². The van der Waals surface area contributed by atoms with Crippen molar-refractivity contribution in [2.45, 2.75) is 28.9 Å². The van der Waals surface area contributed by atoms with E-state index < -0.39 is 26.0 Å². The number of sulfonamides is 2. The topological polar surface area (TPSA) is 95.1 Å². The van der Waals surface area contributed by atoms with Gasteiger partial charge in [-0.2, -0.15) is 8.61 Å². The van der Waals surface area contributed by atoms with Crippen molar-refractivity contribution in [3.63, 3.8) is 0 Å². The molecule has 0 bridgehead atoms. The molecular weight excluding hydrogens is 470 g/mol. The van der Waals surface area contributed by atoms with Crippen molar-refractivity contribution < 1.29 is 21.6 Å². The van der Waals surface area contributed by atoms with Gasteiger partial charge in [0.2, 0.25) is 15.9 Å². The number of hydrogen-bond acceptors (Lipinski definition) is 6. The largest absolute Gasteiger partial charge is 0.340 e. The van der Waals surface area contributed by atoms with Crippen LogP contribution >= 0.6 is 11.3 Å². The lowest BCUT2D eigenvalue weighted by Crippen LogP contribution is -2.54. The van der Waals surface area contributed by atoms with Gasteiger partial charge in [0.15, 0.2) is 0 Å². The number of piperazine rings is 1. The number of nitrogens with zero attached hydrogens (tertiary/aromatic N) is 3. The van der Waals surface area contributed by atoms with Crippen molar-refractivity contribution in [3.8, 4) is 0 Å². The summed E-state index contributed by atoms with van der Waals surface area (Å²) in [6, 6.07) is 10.0. The molecule has 11 heteroatoms. The zero-order valence-corrected chi connectivity index (χ0v) is 20.3. The van der Waals surface area contributed by atoms with Crippen LogP contribution in [0.1, 0.15) is 18.4 Å². The fourth-order valence-electron chi connectivity index (χ4n) is 4.17. The molecule has 8 nitrogen and oxygen atoms in total. The lowest BCUT2D eigenvalue weighted by Gasteiger charge is -2.38. The Balaban J connectivity index is 1.38. The van der Waals surface area contributed by atoms with Crippen LogP contribution in [0.5, 0.6) is 0 Å². The van der Waals surface area contributed by atoms with E-state index in [1.54, 1.807) is 46.7 Å². The second kappa shape index (κ2) is 9.22. The maximum absolute atomic E-state index is 13.1. The first-order valence-electron chi connectivity index (χ1n) is 10.6. The summed E-state index contributed by atoms with van der Waals surface area (Å²) in [5.41, 5.74) is 0.988. The number of thiophene rings is 1. The highest BCUT2D eigenvalue weighted by atomic mass is 32.2. The third-order valence-electron chi connectivity index (χ3n) is 6.03. The number of amides is 1.